The molecule has 0 aromatic heterocycles. The van der Waals surface area contributed by atoms with Crippen molar-refractivity contribution in [1.29, 1.82) is 0 Å². The molecular weight excluding hydrogens is 158 g/mol. The van der Waals surface area contributed by atoms with E-state index in [-0.39, 0.29) is 51.1 Å². The van der Waals surface area contributed by atoms with Crippen LogP contribution >= 0.6 is 12.4 Å². The Hall–Kier alpha value is 0.636. The Labute approximate surface area is 51.8 Å². The van der Waals surface area contributed by atoms with E-state index in [4.69, 9.17) is 0 Å². The molecule has 1 radical (unpaired) electrons. The largest absolute Gasteiger partial charge is 0.412 e. The minimum Gasteiger partial charge on any atom is -0.412 e. The molecule has 4 nitrogen and oxygen atoms in total. The van der Waals surface area contributed by atoms with Gasteiger partial charge in [-0.3, -0.25) is 0 Å². The maximum atomic E-state index is 0. The standard InChI is InChI=1S/ClH.Co.4H2O/h1H;;4*1H2. The zero-order chi connectivity index (χ0) is 0. The molecule has 0 aromatic carbocycles. The third kappa shape index (κ3) is 151. The van der Waals surface area contributed by atoms with Gasteiger partial charge < -0.3 is 21.9 Å². The Kier molecular flexibility index (Phi) is 25900. The van der Waals surface area contributed by atoms with Crippen molar-refractivity contribution in [2.45, 2.75) is 0 Å². The van der Waals surface area contributed by atoms with E-state index >= 15 is 0 Å². The monoisotopic (exact) mass is 167 g/mol. The average Bonchev–Trinajstić information content (AvgIpc) is 0. The molecule has 0 spiro atoms. The van der Waals surface area contributed by atoms with Crippen molar-refractivity contribution < 1.29 is 38.7 Å². The SMILES string of the molecule is Cl.O.O.O.O.[Co]. The van der Waals surface area contributed by atoms with Crippen molar-refractivity contribution in [2.24, 2.45) is 0 Å². The topological polar surface area (TPSA) is 126 Å². The molecule has 0 rings (SSSR count). The first kappa shape index (κ1) is 520. The molecule has 0 amide bonds. The van der Waals surface area contributed by atoms with Crippen LogP contribution < -0.4 is 0 Å². The van der Waals surface area contributed by atoms with Crippen LogP contribution in [0.15, 0.2) is 0 Å². The molecule has 0 saturated heterocycles. The summed E-state index contributed by atoms with van der Waals surface area (Å²) < 4.78 is 0. The maximum Gasteiger partial charge on any atom is 0 e. The second-order valence-corrected chi connectivity index (χ2v) is 0. The third-order valence-corrected chi connectivity index (χ3v) is 0. The van der Waals surface area contributed by atoms with E-state index in [0.29, 0.717) is 0 Å². The van der Waals surface area contributed by atoms with Gasteiger partial charge in [0.2, 0.25) is 0 Å². The fraction of sp³-hybridized carbons (Fsp3) is 0. The van der Waals surface area contributed by atoms with Gasteiger partial charge in [-0.15, -0.1) is 12.4 Å². The molecule has 8 N–H and O–H groups in total. The summed E-state index contributed by atoms with van der Waals surface area (Å²) in [5, 5.41) is 0. The molecule has 0 aliphatic carbocycles. The Morgan fingerprint density at radius 3 is 0.500 bits per heavy atom. The molecule has 0 unspecified atom stereocenters. The second-order valence-electron chi connectivity index (χ2n) is 0. The van der Waals surface area contributed by atoms with E-state index < -0.39 is 0 Å². The Morgan fingerprint density at radius 1 is 0.500 bits per heavy atom. The van der Waals surface area contributed by atoms with Gasteiger partial charge in [0, 0.05) is 16.8 Å². The number of halogens is 1. The van der Waals surface area contributed by atoms with Crippen molar-refractivity contribution in [3.05, 3.63) is 0 Å². The van der Waals surface area contributed by atoms with Gasteiger partial charge in [0.15, 0.2) is 0 Å². The summed E-state index contributed by atoms with van der Waals surface area (Å²) in [6.45, 7) is 0. The third-order valence-electron chi connectivity index (χ3n) is 0. The van der Waals surface area contributed by atoms with Gasteiger partial charge in [-0.25, -0.2) is 0 Å². The molecule has 0 aliphatic heterocycles. The quantitative estimate of drug-likeness (QED) is 0.367. The van der Waals surface area contributed by atoms with Gasteiger partial charge in [0.25, 0.3) is 0 Å². The van der Waals surface area contributed by atoms with E-state index in [9.17, 15) is 0 Å². The molecule has 0 heterocycles. The van der Waals surface area contributed by atoms with Crippen LogP contribution in [0.5, 0.6) is 0 Å². The number of hydrogen-bond donors (Lipinski definition) is 0. The van der Waals surface area contributed by atoms with Gasteiger partial charge in [0.1, 0.15) is 0 Å². The summed E-state index contributed by atoms with van der Waals surface area (Å²) in [7, 11) is 0. The second kappa shape index (κ2) is 299. The smallest absolute Gasteiger partial charge is 0 e. The van der Waals surface area contributed by atoms with Crippen LogP contribution in [-0.2, 0) is 16.8 Å². The van der Waals surface area contributed by atoms with Crippen LogP contribution in [0.25, 0.3) is 0 Å². The Bertz CT molecular complexity index is 7.51. The van der Waals surface area contributed by atoms with E-state index in [2.05, 4.69) is 0 Å². The van der Waals surface area contributed by atoms with Crippen molar-refractivity contribution in [3.8, 4) is 0 Å². The van der Waals surface area contributed by atoms with Crippen LogP contribution in [-0.4, -0.2) is 21.9 Å². The molecule has 0 saturated carbocycles. The van der Waals surface area contributed by atoms with Crippen LogP contribution in [0.2, 0.25) is 0 Å². The fourth-order valence-corrected chi connectivity index (χ4v) is 0. The molecular formula is H9ClCoO4. The summed E-state index contributed by atoms with van der Waals surface area (Å²) in [4.78, 5) is 0. The van der Waals surface area contributed by atoms with Crippen LogP contribution in [0, 0.1) is 0 Å². The van der Waals surface area contributed by atoms with Crippen LogP contribution in [0.3, 0.4) is 0 Å². The van der Waals surface area contributed by atoms with Crippen molar-refractivity contribution in [2.75, 3.05) is 0 Å². The summed E-state index contributed by atoms with van der Waals surface area (Å²) in [6.07, 6.45) is 0. The summed E-state index contributed by atoms with van der Waals surface area (Å²) in [5.41, 5.74) is 0. The van der Waals surface area contributed by atoms with E-state index in [1.165, 1.54) is 0 Å². The zero-order valence-corrected chi connectivity index (χ0v) is 4.60. The average molecular weight is 167 g/mol. The molecule has 0 fully saturated rings. The summed E-state index contributed by atoms with van der Waals surface area (Å²) in [6, 6.07) is 0. The Balaban J connectivity index is 0. The summed E-state index contributed by atoms with van der Waals surface area (Å²) >= 11 is 0. The zero-order valence-electron chi connectivity index (χ0n) is 2.74. The predicted molar refractivity (Wildman–Crippen MR) is 21.7 cm³/mol. The van der Waals surface area contributed by atoms with E-state index in [1.807, 2.05) is 0 Å². The molecule has 0 aromatic rings. The van der Waals surface area contributed by atoms with Crippen molar-refractivity contribution >= 4 is 12.4 Å². The van der Waals surface area contributed by atoms with Crippen LogP contribution in [0.1, 0.15) is 0 Å². The van der Waals surface area contributed by atoms with E-state index in [0.717, 1.165) is 0 Å². The van der Waals surface area contributed by atoms with Gasteiger partial charge in [-0.1, -0.05) is 0 Å². The molecule has 0 bridgehead atoms. The first-order valence-corrected chi connectivity index (χ1v) is 0. The number of rotatable bonds is 0. The molecule has 0 atom stereocenters. The fourth-order valence-electron chi connectivity index (χ4n) is 0. The van der Waals surface area contributed by atoms with Gasteiger partial charge >= 0.3 is 0 Å². The minimum atomic E-state index is 0. The summed E-state index contributed by atoms with van der Waals surface area (Å²) in [5.74, 6) is 0. The van der Waals surface area contributed by atoms with Crippen LogP contribution in [0.4, 0.5) is 0 Å². The minimum absolute atomic E-state index is 0. The van der Waals surface area contributed by atoms with Gasteiger partial charge in [-0.2, -0.15) is 0 Å². The first-order chi connectivity index (χ1) is 0. The van der Waals surface area contributed by atoms with Crippen molar-refractivity contribution in [1.82, 2.24) is 0 Å². The first-order valence-electron chi connectivity index (χ1n) is 0. The maximum absolute atomic E-state index is 0. The molecule has 6 heavy (non-hydrogen) atoms. The van der Waals surface area contributed by atoms with Crippen molar-refractivity contribution in [3.63, 3.8) is 0 Å². The molecule has 49 valence electrons. The Morgan fingerprint density at radius 2 is 0.500 bits per heavy atom. The van der Waals surface area contributed by atoms with Gasteiger partial charge in [0.05, 0.1) is 0 Å². The molecule has 0 aliphatic rings. The number of hydrogen-bond acceptors (Lipinski definition) is 0. The van der Waals surface area contributed by atoms with Gasteiger partial charge in [-0.05, 0) is 0 Å². The van der Waals surface area contributed by atoms with E-state index in [1.54, 1.807) is 0 Å². The predicted octanol–water partition coefficient (Wildman–Crippen LogP) is -2.88. The normalized spacial score (nSPS) is 0. The molecule has 6 heteroatoms.